The van der Waals surface area contributed by atoms with Gasteiger partial charge in [-0.3, -0.25) is 0 Å². The summed E-state index contributed by atoms with van der Waals surface area (Å²) < 4.78 is 37.9. The molecule has 0 saturated carbocycles. The third kappa shape index (κ3) is 6.75. The Labute approximate surface area is 165 Å². The number of hydrogen-bond acceptors (Lipinski definition) is 6. The summed E-state index contributed by atoms with van der Waals surface area (Å²) in [6.45, 7) is 0.929. The van der Waals surface area contributed by atoms with Gasteiger partial charge in [0.15, 0.2) is 0 Å². The third-order valence-electron chi connectivity index (χ3n) is 3.72. The number of anilines is 1. The summed E-state index contributed by atoms with van der Waals surface area (Å²) in [5.74, 6) is 0.739. The first-order chi connectivity index (χ1) is 13.3. The van der Waals surface area contributed by atoms with Gasteiger partial charge in [-0.15, -0.1) is 0 Å². The highest BCUT2D eigenvalue weighted by atomic mass is 32.2. The highest BCUT2D eigenvalue weighted by Crippen LogP contribution is 2.24. The van der Waals surface area contributed by atoms with Gasteiger partial charge in [0.25, 0.3) is 0 Å². The lowest BCUT2D eigenvalue weighted by Crippen LogP contribution is -2.37. The molecule has 2 amide bonds. The van der Waals surface area contributed by atoms with Crippen LogP contribution in [0.5, 0.6) is 11.5 Å². The van der Waals surface area contributed by atoms with Crippen molar-refractivity contribution < 1.29 is 26.9 Å². The summed E-state index contributed by atoms with van der Waals surface area (Å²) in [6, 6.07) is 13.3. The van der Waals surface area contributed by atoms with Crippen LogP contribution in [0.2, 0.25) is 0 Å². The Balaban J connectivity index is 2.17. The lowest BCUT2D eigenvalue weighted by atomic mass is 10.2. The number of rotatable bonds is 9. The number of benzene rings is 2. The maximum Gasteiger partial charge on any atom is 0.322 e. The first-order valence-corrected chi connectivity index (χ1v) is 10.3. The Hall–Kier alpha value is -2.78. The van der Waals surface area contributed by atoms with E-state index >= 15 is 0 Å². The van der Waals surface area contributed by atoms with Crippen LogP contribution in [0, 0.1) is 0 Å². The van der Waals surface area contributed by atoms with Crippen LogP contribution in [0.3, 0.4) is 0 Å². The number of urea groups is 1. The van der Waals surface area contributed by atoms with Crippen molar-refractivity contribution in [3.05, 3.63) is 54.1 Å². The molecule has 0 aliphatic carbocycles. The van der Waals surface area contributed by atoms with E-state index in [1.807, 2.05) is 6.07 Å². The zero-order chi connectivity index (χ0) is 20.6. The predicted molar refractivity (Wildman–Crippen MR) is 106 cm³/mol. The van der Waals surface area contributed by atoms with Crippen LogP contribution in [0.4, 0.5) is 10.5 Å². The second kappa shape index (κ2) is 9.95. The Morgan fingerprint density at radius 1 is 1.11 bits per heavy atom. The van der Waals surface area contributed by atoms with E-state index in [0.29, 0.717) is 30.2 Å². The molecule has 0 aliphatic rings. The topological polar surface area (TPSA) is 94.2 Å². The van der Waals surface area contributed by atoms with Gasteiger partial charge in [0.2, 0.25) is 0 Å². The highest BCUT2D eigenvalue weighted by Gasteiger charge is 2.16. The molecule has 0 spiro atoms. The van der Waals surface area contributed by atoms with Gasteiger partial charge in [-0.2, -0.15) is 8.42 Å². The lowest BCUT2D eigenvalue weighted by Gasteiger charge is -2.23. The van der Waals surface area contributed by atoms with Crippen molar-refractivity contribution >= 4 is 21.8 Å². The minimum absolute atomic E-state index is 0.192. The summed E-state index contributed by atoms with van der Waals surface area (Å²) >= 11 is 0. The molecule has 2 aromatic rings. The SMILES string of the molecule is COCCN(Cc1cccc(OS(C)(=O)=O)c1)C(=O)Nc1ccccc1OC. The van der Waals surface area contributed by atoms with E-state index in [-0.39, 0.29) is 18.3 Å². The number of methoxy groups -OCH3 is 2. The van der Waals surface area contributed by atoms with Crippen molar-refractivity contribution in [1.82, 2.24) is 4.90 Å². The first-order valence-electron chi connectivity index (χ1n) is 8.48. The van der Waals surface area contributed by atoms with Crippen molar-refractivity contribution in [1.29, 1.82) is 0 Å². The molecule has 0 fully saturated rings. The molecule has 0 aliphatic heterocycles. The second-order valence-electron chi connectivity index (χ2n) is 5.98. The molecule has 2 rings (SSSR count). The Bertz CT molecular complexity index is 901. The van der Waals surface area contributed by atoms with Crippen LogP contribution >= 0.6 is 0 Å². The standard InChI is InChI=1S/C19H24N2O6S/c1-25-12-11-21(19(22)20-17-9-4-5-10-18(17)26-2)14-15-7-6-8-16(13-15)27-28(3,23)24/h4-10,13H,11-12,14H2,1-3H3,(H,20,22). The summed E-state index contributed by atoms with van der Waals surface area (Å²) in [5.41, 5.74) is 1.26. The van der Waals surface area contributed by atoms with E-state index in [1.165, 1.54) is 7.11 Å². The molecule has 0 unspecified atom stereocenters. The fraction of sp³-hybridized carbons (Fsp3) is 0.316. The summed E-state index contributed by atoms with van der Waals surface area (Å²) in [7, 11) is -0.547. The van der Waals surface area contributed by atoms with E-state index in [1.54, 1.807) is 54.5 Å². The molecule has 8 nitrogen and oxygen atoms in total. The molecule has 1 N–H and O–H groups in total. The summed E-state index contributed by atoms with van der Waals surface area (Å²) in [4.78, 5) is 14.3. The largest absolute Gasteiger partial charge is 0.495 e. The monoisotopic (exact) mass is 408 g/mol. The van der Waals surface area contributed by atoms with Crippen molar-refractivity contribution in [3.8, 4) is 11.5 Å². The van der Waals surface area contributed by atoms with Crippen molar-refractivity contribution in [3.63, 3.8) is 0 Å². The van der Waals surface area contributed by atoms with Gasteiger partial charge in [0, 0.05) is 20.2 Å². The van der Waals surface area contributed by atoms with Crippen LogP contribution in [0.1, 0.15) is 5.56 Å². The Kier molecular flexibility index (Phi) is 7.65. The van der Waals surface area contributed by atoms with Crippen LogP contribution in [0.15, 0.2) is 48.5 Å². The first kappa shape index (κ1) is 21.5. The molecule has 0 heterocycles. The molecule has 28 heavy (non-hydrogen) atoms. The van der Waals surface area contributed by atoms with Crippen molar-refractivity contribution in [2.45, 2.75) is 6.54 Å². The Morgan fingerprint density at radius 3 is 2.54 bits per heavy atom. The minimum Gasteiger partial charge on any atom is -0.495 e. The predicted octanol–water partition coefficient (Wildman–Crippen LogP) is 2.71. The highest BCUT2D eigenvalue weighted by molar-refractivity contribution is 7.86. The normalized spacial score (nSPS) is 11.0. The molecule has 0 bridgehead atoms. The summed E-state index contributed by atoms with van der Waals surface area (Å²) in [6.07, 6.45) is 0.977. The van der Waals surface area contributed by atoms with Crippen LogP contribution in [-0.2, 0) is 21.4 Å². The van der Waals surface area contributed by atoms with Gasteiger partial charge in [0.05, 0.1) is 25.7 Å². The van der Waals surface area contributed by atoms with Gasteiger partial charge in [-0.05, 0) is 29.8 Å². The van der Waals surface area contributed by atoms with Gasteiger partial charge >= 0.3 is 16.1 Å². The van der Waals surface area contributed by atoms with Crippen LogP contribution in [0.25, 0.3) is 0 Å². The zero-order valence-electron chi connectivity index (χ0n) is 16.0. The minimum atomic E-state index is -3.63. The maximum absolute atomic E-state index is 12.8. The number of carbonyl (C=O) groups is 1. The van der Waals surface area contributed by atoms with E-state index in [2.05, 4.69) is 5.32 Å². The van der Waals surface area contributed by atoms with Gasteiger partial charge in [-0.25, -0.2) is 4.79 Å². The van der Waals surface area contributed by atoms with Crippen molar-refractivity contribution in [2.75, 3.05) is 38.9 Å². The quantitative estimate of drug-likeness (QED) is 0.641. The maximum atomic E-state index is 12.8. The average molecular weight is 408 g/mol. The van der Waals surface area contributed by atoms with Gasteiger partial charge in [0.1, 0.15) is 11.5 Å². The van der Waals surface area contributed by atoms with Crippen molar-refractivity contribution in [2.24, 2.45) is 0 Å². The Morgan fingerprint density at radius 2 is 1.86 bits per heavy atom. The number of nitrogens with zero attached hydrogens (tertiary/aromatic N) is 1. The zero-order valence-corrected chi connectivity index (χ0v) is 16.9. The van der Waals surface area contributed by atoms with Crippen LogP contribution < -0.4 is 14.2 Å². The number of para-hydroxylation sites is 2. The van der Waals surface area contributed by atoms with E-state index in [9.17, 15) is 13.2 Å². The van der Waals surface area contributed by atoms with E-state index < -0.39 is 10.1 Å². The molecule has 0 saturated heterocycles. The second-order valence-corrected chi connectivity index (χ2v) is 7.55. The third-order valence-corrected chi connectivity index (χ3v) is 4.22. The smallest absolute Gasteiger partial charge is 0.322 e. The number of ether oxygens (including phenoxy) is 2. The number of hydrogen-bond donors (Lipinski definition) is 1. The average Bonchev–Trinajstić information content (AvgIpc) is 2.64. The lowest BCUT2D eigenvalue weighted by molar-refractivity contribution is 0.152. The molecule has 0 aromatic heterocycles. The number of carbonyl (C=O) groups excluding carboxylic acids is 1. The fourth-order valence-corrected chi connectivity index (χ4v) is 2.94. The molecule has 2 aromatic carbocycles. The fourth-order valence-electron chi connectivity index (χ4n) is 2.49. The molecule has 0 atom stereocenters. The van der Waals surface area contributed by atoms with E-state index in [4.69, 9.17) is 13.7 Å². The van der Waals surface area contributed by atoms with E-state index in [0.717, 1.165) is 6.26 Å². The number of nitrogens with one attached hydrogen (secondary N) is 1. The summed E-state index contributed by atoms with van der Waals surface area (Å²) in [5, 5.41) is 2.82. The molecule has 152 valence electrons. The van der Waals surface area contributed by atoms with Gasteiger partial charge < -0.3 is 23.9 Å². The molecule has 0 radical (unpaired) electrons. The molecule has 9 heteroatoms. The number of amides is 2. The molecular formula is C19H24N2O6S. The van der Waals surface area contributed by atoms with Gasteiger partial charge in [-0.1, -0.05) is 24.3 Å². The molecular weight excluding hydrogens is 384 g/mol. The van der Waals surface area contributed by atoms with Crippen LogP contribution in [-0.4, -0.2) is 53.0 Å².